The first-order valence-corrected chi connectivity index (χ1v) is 5.19. The van der Waals surface area contributed by atoms with E-state index in [1.54, 1.807) is 13.0 Å². The Morgan fingerprint density at radius 3 is 2.29 bits per heavy atom. The van der Waals surface area contributed by atoms with E-state index in [2.05, 4.69) is 0 Å². The minimum Gasteiger partial charge on any atom is -0.478 e. The minimum absolute atomic E-state index is 0.0164. The van der Waals surface area contributed by atoms with Crippen molar-refractivity contribution in [3.05, 3.63) is 34.4 Å². The molecule has 0 aliphatic rings. The molecule has 0 heterocycles. The molecule has 92 valence electrons. The van der Waals surface area contributed by atoms with Crippen LogP contribution in [0.2, 0.25) is 0 Å². The molecule has 5 nitrogen and oxygen atoms in total. The number of aliphatic hydroxyl groups excluding tert-OH is 1. The first-order chi connectivity index (χ1) is 7.99. The van der Waals surface area contributed by atoms with Crippen molar-refractivity contribution in [1.82, 2.24) is 0 Å². The van der Waals surface area contributed by atoms with E-state index in [0.717, 1.165) is 5.56 Å². The number of rotatable bonds is 5. The molecule has 1 aromatic rings. The van der Waals surface area contributed by atoms with Gasteiger partial charge in [0.25, 0.3) is 0 Å². The predicted octanol–water partition coefficient (Wildman–Crippen LogP) is 1.32. The van der Waals surface area contributed by atoms with Gasteiger partial charge in [0, 0.05) is 6.61 Å². The lowest BCUT2D eigenvalue weighted by atomic mass is 9.94. The van der Waals surface area contributed by atoms with Crippen LogP contribution in [0.3, 0.4) is 0 Å². The molecule has 0 atom stereocenters. The Morgan fingerprint density at radius 2 is 1.82 bits per heavy atom. The van der Waals surface area contributed by atoms with Gasteiger partial charge in [0.15, 0.2) is 0 Å². The fraction of sp³-hybridized carbons (Fsp3) is 0.333. The Morgan fingerprint density at radius 1 is 1.18 bits per heavy atom. The molecule has 0 aliphatic carbocycles. The van der Waals surface area contributed by atoms with Crippen LogP contribution < -0.4 is 0 Å². The van der Waals surface area contributed by atoms with Crippen molar-refractivity contribution in [3.8, 4) is 0 Å². The number of carboxylic acid groups (broad SMARTS) is 2. The van der Waals surface area contributed by atoms with Crippen molar-refractivity contribution in [3.63, 3.8) is 0 Å². The molecule has 0 aliphatic heterocycles. The molecule has 0 fully saturated rings. The third-order valence-electron chi connectivity index (χ3n) is 2.63. The third kappa shape index (κ3) is 2.82. The molecule has 17 heavy (non-hydrogen) atoms. The molecular formula is C12H14O5. The standard InChI is InChI=1S/C12H14O5/c1-7-8(3-2-6-13)4-5-9(11(14)15)10(7)12(16)17/h4-5,13H,2-3,6H2,1H3,(H,14,15)(H,16,17). The normalized spacial score (nSPS) is 10.2. The summed E-state index contributed by atoms with van der Waals surface area (Å²) in [4.78, 5) is 22.0. The van der Waals surface area contributed by atoms with E-state index in [1.165, 1.54) is 6.07 Å². The van der Waals surface area contributed by atoms with E-state index in [-0.39, 0.29) is 17.7 Å². The molecule has 1 aromatic carbocycles. The number of hydrogen-bond acceptors (Lipinski definition) is 3. The summed E-state index contributed by atoms with van der Waals surface area (Å²) >= 11 is 0. The Kier molecular flexibility index (Phi) is 4.23. The maximum Gasteiger partial charge on any atom is 0.336 e. The van der Waals surface area contributed by atoms with Crippen LogP contribution in [-0.4, -0.2) is 33.9 Å². The molecular weight excluding hydrogens is 224 g/mol. The summed E-state index contributed by atoms with van der Waals surface area (Å²) in [7, 11) is 0. The predicted molar refractivity (Wildman–Crippen MR) is 60.5 cm³/mol. The Labute approximate surface area is 98.3 Å². The summed E-state index contributed by atoms with van der Waals surface area (Å²) in [6.07, 6.45) is 1.05. The highest BCUT2D eigenvalue weighted by Crippen LogP contribution is 2.20. The van der Waals surface area contributed by atoms with Crippen molar-refractivity contribution in [1.29, 1.82) is 0 Å². The number of carboxylic acids is 2. The highest BCUT2D eigenvalue weighted by molar-refractivity contribution is 6.03. The van der Waals surface area contributed by atoms with E-state index in [0.29, 0.717) is 18.4 Å². The summed E-state index contributed by atoms with van der Waals surface area (Å²) in [5.41, 5.74) is 0.822. The lowest BCUT2D eigenvalue weighted by molar-refractivity contribution is 0.0650. The number of benzene rings is 1. The zero-order valence-corrected chi connectivity index (χ0v) is 9.43. The van der Waals surface area contributed by atoms with Gasteiger partial charge in [0.1, 0.15) is 0 Å². The highest BCUT2D eigenvalue weighted by atomic mass is 16.4. The van der Waals surface area contributed by atoms with Gasteiger partial charge < -0.3 is 15.3 Å². The van der Waals surface area contributed by atoms with Crippen molar-refractivity contribution < 1.29 is 24.9 Å². The van der Waals surface area contributed by atoms with Gasteiger partial charge in [-0.15, -0.1) is 0 Å². The zero-order valence-electron chi connectivity index (χ0n) is 9.43. The molecule has 1 rings (SSSR count). The number of aromatic carboxylic acids is 2. The molecule has 0 saturated heterocycles. The van der Waals surface area contributed by atoms with Crippen molar-refractivity contribution in [2.45, 2.75) is 19.8 Å². The van der Waals surface area contributed by atoms with Crippen LogP contribution in [0.5, 0.6) is 0 Å². The summed E-state index contributed by atoms with van der Waals surface area (Å²) < 4.78 is 0. The van der Waals surface area contributed by atoms with E-state index in [4.69, 9.17) is 15.3 Å². The van der Waals surface area contributed by atoms with Crippen LogP contribution in [-0.2, 0) is 6.42 Å². The molecule has 0 aromatic heterocycles. The van der Waals surface area contributed by atoms with Crippen LogP contribution >= 0.6 is 0 Å². The third-order valence-corrected chi connectivity index (χ3v) is 2.63. The van der Waals surface area contributed by atoms with E-state index in [9.17, 15) is 9.59 Å². The van der Waals surface area contributed by atoms with Crippen LogP contribution in [0, 0.1) is 6.92 Å². The van der Waals surface area contributed by atoms with Crippen molar-refractivity contribution in [2.75, 3.05) is 6.61 Å². The first kappa shape index (κ1) is 13.2. The molecule has 0 spiro atoms. The van der Waals surface area contributed by atoms with Crippen LogP contribution in [0.25, 0.3) is 0 Å². The van der Waals surface area contributed by atoms with Gasteiger partial charge in [-0.3, -0.25) is 0 Å². The van der Waals surface area contributed by atoms with Gasteiger partial charge >= 0.3 is 11.9 Å². The second kappa shape index (κ2) is 5.45. The summed E-state index contributed by atoms with van der Waals surface area (Å²) in [5.74, 6) is -2.50. The molecule has 5 heteroatoms. The summed E-state index contributed by atoms with van der Waals surface area (Å²) in [6.45, 7) is 1.60. The van der Waals surface area contributed by atoms with Crippen LogP contribution in [0.15, 0.2) is 12.1 Å². The lowest BCUT2D eigenvalue weighted by Gasteiger charge is -2.10. The second-order valence-corrected chi connectivity index (χ2v) is 3.71. The molecule has 0 unspecified atom stereocenters. The van der Waals surface area contributed by atoms with Gasteiger partial charge in [0.05, 0.1) is 11.1 Å². The van der Waals surface area contributed by atoms with Gasteiger partial charge in [-0.2, -0.15) is 0 Å². The molecule has 0 amide bonds. The van der Waals surface area contributed by atoms with Crippen LogP contribution in [0.1, 0.15) is 38.3 Å². The molecule has 3 N–H and O–H groups in total. The quantitative estimate of drug-likeness (QED) is 0.719. The number of aliphatic hydroxyl groups is 1. The van der Waals surface area contributed by atoms with Crippen LogP contribution in [0.4, 0.5) is 0 Å². The monoisotopic (exact) mass is 238 g/mol. The Bertz CT molecular complexity index is 450. The van der Waals surface area contributed by atoms with E-state index in [1.807, 2.05) is 0 Å². The first-order valence-electron chi connectivity index (χ1n) is 5.19. The number of hydrogen-bond donors (Lipinski definition) is 3. The Balaban J connectivity index is 3.28. The van der Waals surface area contributed by atoms with Gasteiger partial charge in [-0.25, -0.2) is 9.59 Å². The fourth-order valence-corrected chi connectivity index (χ4v) is 1.75. The van der Waals surface area contributed by atoms with Gasteiger partial charge in [-0.05, 0) is 37.0 Å². The maximum atomic E-state index is 11.1. The maximum absolute atomic E-state index is 11.1. The van der Waals surface area contributed by atoms with Gasteiger partial charge in [0.2, 0.25) is 0 Å². The van der Waals surface area contributed by atoms with E-state index >= 15 is 0 Å². The minimum atomic E-state index is -1.25. The molecule has 0 radical (unpaired) electrons. The SMILES string of the molecule is Cc1c(CCCO)ccc(C(=O)O)c1C(=O)O. The average Bonchev–Trinajstić information content (AvgIpc) is 2.26. The number of carbonyl (C=O) groups is 2. The van der Waals surface area contributed by atoms with Crippen molar-refractivity contribution in [2.24, 2.45) is 0 Å². The topological polar surface area (TPSA) is 94.8 Å². The highest BCUT2D eigenvalue weighted by Gasteiger charge is 2.20. The smallest absolute Gasteiger partial charge is 0.336 e. The van der Waals surface area contributed by atoms with Gasteiger partial charge in [-0.1, -0.05) is 6.07 Å². The summed E-state index contributed by atoms with van der Waals surface area (Å²) in [6, 6.07) is 2.90. The van der Waals surface area contributed by atoms with Crippen molar-refractivity contribution >= 4 is 11.9 Å². The number of aryl methyl sites for hydroxylation is 1. The molecule has 0 saturated carbocycles. The van der Waals surface area contributed by atoms with E-state index < -0.39 is 11.9 Å². The lowest BCUT2D eigenvalue weighted by Crippen LogP contribution is -2.12. The molecule has 0 bridgehead atoms. The second-order valence-electron chi connectivity index (χ2n) is 3.71. The Hall–Kier alpha value is -1.88. The average molecular weight is 238 g/mol. The summed E-state index contributed by atoms with van der Waals surface area (Å²) in [5, 5.41) is 26.7. The largest absolute Gasteiger partial charge is 0.478 e. The fourth-order valence-electron chi connectivity index (χ4n) is 1.75. The zero-order chi connectivity index (χ0) is 13.0.